The van der Waals surface area contributed by atoms with Crippen molar-refractivity contribution in [2.24, 2.45) is 5.10 Å². The zero-order chi connectivity index (χ0) is 18.2. The summed E-state index contributed by atoms with van der Waals surface area (Å²) in [7, 11) is 0. The summed E-state index contributed by atoms with van der Waals surface area (Å²) < 4.78 is 0. The molecule has 0 atom stereocenters. The molecular weight excluding hydrogens is 328 g/mol. The average Bonchev–Trinajstić information content (AvgIpc) is 2.61. The fraction of sp³-hybridized carbons (Fsp3) is 0. The topological polar surface area (TPSA) is 128 Å². The fourth-order valence-corrected chi connectivity index (χ4v) is 1.83. The van der Waals surface area contributed by atoms with E-state index < -0.39 is 15.8 Å². The molecule has 2 aromatic carbocycles. The molecule has 0 spiro atoms. The Morgan fingerprint density at radius 2 is 1.68 bits per heavy atom. The van der Waals surface area contributed by atoms with Crippen molar-refractivity contribution in [1.82, 2.24) is 5.43 Å². The molecule has 0 aliphatic heterocycles. The maximum atomic E-state index is 11.8. The molecule has 0 fully saturated rings. The number of rotatable bonds is 6. The zero-order valence-corrected chi connectivity index (χ0v) is 12.7. The minimum absolute atomic E-state index is 0.0226. The molecule has 126 valence electrons. The van der Waals surface area contributed by atoms with Crippen molar-refractivity contribution in [3.8, 4) is 0 Å². The van der Waals surface area contributed by atoms with Crippen LogP contribution < -0.4 is 5.43 Å². The SMILES string of the molecule is O=C(N/N=C/C=C/c1cccc([N+](=O)[O-])c1)c1ccc([N+](=O)[O-])cc1. The lowest BCUT2D eigenvalue weighted by Crippen LogP contribution is -2.17. The molecule has 1 N–H and O–H groups in total. The van der Waals surface area contributed by atoms with Crippen LogP contribution in [0.3, 0.4) is 0 Å². The summed E-state index contributed by atoms with van der Waals surface area (Å²) in [6.45, 7) is 0. The first-order chi connectivity index (χ1) is 12.0. The normalized spacial score (nSPS) is 10.9. The highest BCUT2D eigenvalue weighted by molar-refractivity contribution is 5.94. The molecule has 1 amide bonds. The number of carbonyl (C=O) groups excluding carboxylic acids is 1. The van der Waals surface area contributed by atoms with E-state index in [0.29, 0.717) is 5.56 Å². The predicted octanol–water partition coefficient (Wildman–Crippen LogP) is 2.93. The smallest absolute Gasteiger partial charge is 0.267 e. The highest BCUT2D eigenvalue weighted by atomic mass is 16.6. The summed E-state index contributed by atoms with van der Waals surface area (Å²) >= 11 is 0. The first-order valence-corrected chi connectivity index (χ1v) is 6.96. The second-order valence-corrected chi connectivity index (χ2v) is 4.73. The molecule has 0 unspecified atom stereocenters. The van der Waals surface area contributed by atoms with Crippen LogP contribution in [0.2, 0.25) is 0 Å². The van der Waals surface area contributed by atoms with E-state index in [9.17, 15) is 25.0 Å². The average molecular weight is 340 g/mol. The van der Waals surface area contributed by atoms with Gasteiger partial charge in [-0.15, -0.1) is 0 Å². The second kappa shape index (κ2) is 8.11. The largest absolute Gasteiger partial charge is 0.271 e. The molecule has 25 heavy (non-hydrogen) atoms. The molecule has 0 aromatic heterocycles. The Morgan fingerprint density at radius 3 is 2.32 bits per heavy atom. The van der Waals surface area contributed by atoms with Crippen LogP contribution in [0.15, 0.2) is 59.7 Å². The molecule has 0 aliphatic carbocycles. The highest BCUT2D eigenvalue weighted by Gasteiger charge is 2.08. The molecule has 9 heteroatoms. The third kappa shape index (κ3) is 5.06. The lowest BCUT2D eigenvalue weighted by atomic mass is 10.2. The highest BCUT2D eigenvalue weighted by Crippen LogP contribution is 2.14. The molecular formula is C16H12N4O5. The number of benzene rings is 2. The van der Waals surface area contributed by atoms with Gasteiger partial charge >= 0.3 is 0 Å². The third-order valence-electron chi connectivity index (χ3n) is 3.04. The Bertz CT molecular complexity index is 859. The lowest BCUT2D eigenvalue weighted by molar-refractivity contribution is -0.385. The molecule has 2 aromatic rings. The van der Waals surface area contributed by atoms with Crippen LogP contribution in [0.25, 0.3) is 6.08 Å². The van der Waals surface area contributed by atoms with Gasteiger partial charge in [0.2, 0.25) is 0 Å². The van der Waals surface area contributed by atoms with Gasteiger partial charge in [0, 0.05) is 36.0 Å². The van der Waals surface area contributed by atoms with Crippen LogP contribution in [0.1, 0.15) is 15.9 Å². The number of hydrogen-bond donors (Lipinski definition) is 1. The predicted molar refractivity (Wildman–Crippen MR) is 91.2 cm³/mol. The lowest BCUT2D eigenvalue weighted by Gasteiger charge is -1.98. The minimum Gasteiger partial charge on any atom is -0.267 e. The molecule has 0 saturated carbocycles. The van der Waals surface area contributed by atoms with Crippen LogP contribution >= 0.6 is 0 Å². The van der Waals surface area contributed by atoms with E-state index in [2.05, 4.69) is 10.5 Å². The second-order valence-electron chi connectivity index (χ2n) is 4.73. The monoisotopic (exact) mass is 340 g/mol. The van der Waals surface area contributed by atoms with E-state index in [-0.39, 0.29) is 16.9 Å². The number of hydrazone groups is 1. The Hall–Kier alpha value is -3.88. The third-order valence-corrected chi connectivity index (χ3v) is 3.04. The first-order valence-electron chi connectivity index (χ1n) is 6.96. The Labute approximate surface area is 141 Å². The van der Waals surface area contributed by atoms with Gasteiger partial charge in [0.15, 0.2) is 0 Å². The maximum absolute atomic E-state index is 11.8. The van der Waals surface area contributed by atoms with E-state index in [4.69, 9.17) is 0 Å². The van der Waals surface area contributed by atoms with Crippen LogP contribution in [-0.2, 0) is 0 Å². The summed E-state index contributed by atoms with van der Waals surface area (Å²) in [4.78, 5) is 31.9. The summed E-state index contributed by atoms with van der Waals surface area (Å²) in [6, 6.07) is 11.1. The quantitative estimate of drug-likeness (QED) is 0.491. The zero-order valence-electron chi connectivity index (χ0n) is 12.7. The van der Waals surface area contributed by atoms with Gasteiger partial charge in [-0.25, -0.2) is 5.43 Å². The van der Waals surface area contributed by atoms with Crippen LogP contribution in [-0.4, -0.2) is 22.0 Å². The van der Waals surface area contributed by atoms with Gasteiger partial charge in [0.05, 0.1) is 9.85 Å². The standard InChI is InChI=1S/C16H12N4O5/c21-16(13-6-8-14(9-7-13)19(22)23)18-17-10-2-4-12-3-1-5-15(11-12)20(24)25/h1-11H,(H,18,21)/b4-2+,17-10+. The van der Waals surface area contributed by atoms with E-state index in [0.717, 1.165) is 0 Å². The number of carbonyl (C=O) groups is 1. The van der Waals surface area contributed by atoms with E-state index in [1.165, 1.54) is 48.7 Å². The number of nitro groups is 2. The van der Waals surface area contributed by atoms with Gasteiger partial charge in [0.25, 0.3) is 17.3 Å². The number of hydrogen-bond acceptors (Lipinski definition) is 6. The summed E-state index contributed by atoms with van der Waals surface area (Å²) in [6.07, 6.45) is 4.41. The van der Waals surface area contributed by atoms with Crippen molar-refractivity contribution in [1.29, 1.82) is 0 Å². The van der Waals surface area contributed by atoms with Crippen molar-refractivity contribution in [2.75, 3.05) is 0 Å². The van der Waals surface area contributed by atoms with Crippen molar-refractivity contribution >= 4 is 29.6 Å². The van der Waals surface area contributed by atoms with E-state index >= 15 is 0 Å². The Balaban J connectivity index is 1.92. The van der Waals surface area contributed by atoms with Crippen molar-refractivity contribution in [2.45, 2.75) is 0 Å². The minimum atomic E-state index is -0.557. The van der Waals surface area contributed by atoms with Gasteiger partial charge in [-0.3, -0.25) is 25.0 Å². The van der Waals surface area contributed by atoms with Crippen molar-refractivity contribution in [3.63, 3.8) is 0 Å². The summed E-state index contributed by atoms with van der Waals surface area (Å²) in [5, 5.41) is 24.9. The molecule has 2 rings (SSSR count). The Morgan fingerprint density at radius 1 is 1.00 bits per heavy atom. The van der Waals surface area contributed by atoms with Gasteiger partial charge in [-0.05, 0) is 23.8 Å². The van der Waals surface area contributed by atoms with Crippen LogP contribution in [0.5, 0.6) is 0 Å². The number of allylic oxidation sites excluding steroid dienone is 1. The molecule has 0 heterocycles. The number of non-ortho nitro benzene ring substituents is 2. The molecule has 9 nitrogen and oxygen atoms in total. The molecule has 0 aliphatic rings. The van der Waals surface area contributed by atoms with Crippen molar-refractivity contribution < 1.29 is 14.6 Å². The van der Waals surface area contributed by atoms with E-state index in [1.807, 2.05) is 0 Å². The maximum Gasteiger partial charge on any atom is 0.271 e. The van der Waals surface area contributed by atoms with Gasteiger partial charge in [-0.2, -0.15) is 5.10 Å². The number of amides is 1. The van der Waals surface area contributed by atoms with E-state index in [1.54, 1.807) is 18.2 Å². The molecule has 0 saturated heterocycles. The number of nitrogens with one attached hydrogen (secondary N) is 1. The van der Waals surface area contributed by atoms with Crippen molar-refractivity contribution in [3.05, 3.63) is 86.0 Å². The summed E-state index contributed by atoms with van der Waals surface area (Å²) in [5.74, 6) is -0.519. The number of nitro benzene ring substituents is 2. The first kappa shape index (κ1) is 17.5. The fourth-order valence-electron chi connectivity index (χ4n) is 1.83. The number of nitrogens with zero attached hydrogens (tertiary/aromatic N) is 3. The Kier molecular flexibility index (Phi) is 5.67. The van der Waals surface area contributed by atoms with Crippen LogP contribution in [0, 0.1) is 20.2 Å². The molecule has 0 radical (unpaired) electrons. The molecule has 0 bridgehead atoms. The van der Waals surface area contributed by atoms with Gasteiger partial charge in [0.1, 0.15) is 0 Å². The van der Waals surface area contributed by atoms with Gasteiger partial charge in [-0.1, -0.05) is 18.2 Å². The van der Waals surface area contributed by atoms with Crippen LogP contribution in [0.4, 0.5) is 11.4 Å². The summed E-state index contributed by atoms with van der Waals surface area (Å²) in [5.41, 5.74) is 2.97. The van der Waals surface area contributed by atoms with Gasteiger partial charge < -0.3 is 0 Å².